The largest absolute Gasteiger partial charge is 0.376 e. The third-order valence-corrected chi connectivity index (χ3v) is 6.48. The molecule has 0 radical (unpaired) electrons. The van der Waals surface area contributed by atoms with Crippen molar-refractivity contribution in [2.24, 2.45) is 5.92 Å². The molecule has 0 heterocycles. The zero-order chi connectivity index (χ0) is 18.7. The predicted molar refractivity (Wildman–Crippen MR) is 98.6 cm³/mol. The lowest BCUT2D eigenvalue weighted by atomic mass is 9.79. The highest BCUT2D eigenvalue weighted by atomic mass is 32.2. The van der Waals surface area contributed by atoms with E-state index in [1.165, 1.54) is 12.3 Å². The summed E-state index contributed by atoms with van der Waals surface area (Å²) in [6.45, 7) is 4.58. The lowest BCUT2D eigenvalue weighted by Gasteiger charge is -2.38. The minimum Gasteiger partial charge on any atom is -0.376 e. The summed E-state index contributed by atoms with van der Waals surface area (Å²) in [5, 5.41) is 2.93. The molecule has 140 valence electrons. The van der Waals surface area contributed by atoms with E-state index in [4.69, 9.17) is 4.74 Å². The summed E-state index contributed by atoms with van der Waals surface area (Å²) in [5.74, 6) is 0.431. The molecule has 0 atom stereocenters. The van der Waals surface area contributed by atoms with Crippen molar-refractivity contribution >= 4 is 15.7 Å². The molecule has 1 saturated carbocycles. The maximum atomic E-state index is 12.5. The second-order valence-corrected chi connectivity index (χ2v) is 9.18. The van der Waals surface area contributed by atoms with Crippen LogP contribution in [0.3, 0.4) is 0 Å². The van der Waals surface area contributed by atoms with E-state index in [2.05, 4.69) is 12.2 Å². The lowest BCUT2D eigenvalue weighted by Crippen LogP contribution is -2.46. The van der Waals surface area contributed by atoms with E-state index < -0.39 is 9.84 Å². The molecule has 1 fully saturated rings. The Hall–Kier alpha value is -1.40. The number of hydrogen-bond acceptors (Lipinski definition) is 4. The number of benzene rings is 1. The Labute approximate surface area is 151 Å². The average molecular weight is 368 g/mol. The topological polar surface area (TPSA) is 72.5 Å². The first-order valence-corrected chi connectivity index (χ1v) is 10.8. The number of nitrogens with one attached hydrogen (secondary N) is 1. The van der Waals surface area contributed by atoms with Gasteiger partial charge in [0.2, 0.25) is 0 Å². The number of aryl methyl sites for hydroxylation is 1. The predicted octanol–water partition coefficient (Wildman–Crippen LogP) is 2.98. The van der Waals surface area contributed by atoms with Gasteiger partial charge in [-0.25, -0.2) is 8.42 Å². The third kappa shape index (κ3) is 4.82. The Balaban J connectivity index is 2.13. The summed E-state index contributed by atoms with van der Waals surface area (Å²) in [6.07, 6.45) is 5.81. The van der Waals surface area contributed by atoms with Gasteiger partial charge in [-0.1, -0.05) is 19.9 Å². The van der Waals surface area contributed by atoms with Crippen LogP contribution in [0.25, 0.3) is 0 Å². The molecule has 0 bridgehead atoms. The van der Waals surface area contributed by atoms with Crippen LogP contribution in [0.2, 0.25) is 0 Å². The first kappa shape index (κ1) is 19.9. The summed E-state index contributed by atoms with van der Waals surface area (Å²) in [5.41, 5.74) is 0.785. The van der Waals surface area contributed by atoms with Gasteiger partial charge < -0.3 is 10.1 Å². The number of ether oxygens (including phenoxy) is 1. The summed E-state index contributed by atoms with van der Waals surface area (Å²) in [4.78, 5) is 12.8. The van der Waals surface area contributed by atoms with Gasteiger partial charge in [0, 0.05) is 25.5 Å². The molecule has 5 nitrogen and oxygen atoms in total. The van der Waals surface area contributed by atoms with Crippen molar-refractivity contribution in [3.05, 3.63) is 29.3 Å². The van der Waals surface area contributed by atoms with Crippen molar-refractivity contribution in [2.45, 2.75) is 56.4 Å². The van der Waals surface area contributed by atoms with Gasteiger partial charge >= 0.3 is 0 Å². The maximum absolute atomic E-state index is 12.5. The normalized spacial score (nSPS) is 24.1. The average Bonchev–Trinajstić information content (AvgIpc) is 2.60. The Morgan fingerprint density at radius 1 is 1.32 bits per heavy atom. The second-order valence-electron chi connectivity index (χ2n) is 7.20. The van der Waals surface area contributed by atoms with Crippen LogP contribution in [0.5, 0.6) is 0 Å². The Morgan fingerprint density at radius 3 is 2.48 bits per heavy atom. The standard InChI is InChI=1S/C19H29NO4S/c1-5-15-6-7-16(12-17(15)25(4,22)23)18(21)20-13-19(24-3)10-8-14(2)9-11-19/h6-7,12,14H,5,8-11,13H2,1-4H3,(H,20,21). The Morgan fingerprint density at radius 2 is 1.96 bits per heavy atom. The van der Waals surface area contributed by atoms with E-state index in [9.17, 15) is 13.2 Å². The van der Waals surface area contributed by atoms with Crippen molar-refractivity contribution in [2.75, 3.05) is 19.9 Å². The van der Waals surface area contributed by atoms with Crippen LogP contribution in [0.1, 0.15) is 55.5 Å². The number of sulfone groups is 1. The van der Waals surface area contributed by atoms with E-state index in [-0.39, 0.29) is 16.4 Å². The van der Waals surface area contributed by atoms with Gasteiger partial charge in [-0.2, -0.15) is 0 Å². The monoisotopic (exact) mass is 367 g/mol. The molecule has 25 heavy (non-hydrogen) atoms. The molecule has 0 saturated heterocycles. The molecule has 1 aliphatic rings. The van der Waals surface area contributed by atoms with Crippen molar-refractivity contribution in [1.82, 2.24) is 5.32 Å². The molecule has 1 aliphatic carbocycles. The molecule has 0 aromatic heterocycles. The molecular formula is C19H29NO4S. The fourth-order valence-electron chi connectivity index (χ4n) is 3.42. The Kier molecular flexibility index (Phi) is 6.27. The van der Waals surface area contributed by atoms with Crippen molar-refractivity contribution in [3.63, 3.8) is 0 Å². The maximum Gasteiger partial charge on any atom is 0.251 e. The molecule has 1 amide bonds. The minimum absolute atomic E-state index is 0.232. The molecule has 0 spiro atoms. The van der Waals surface area contributed by atoms with Crippen LogP contribution in [0.4, 0.5) is 0 Å². The molecular weight excluding hydrogens is 338 g/mol. The number of rotatable bonds is 6. The highest BCUT2D eigenvalue weighted by molar-refractivity contribution is 7.90. The third-order valence-electron chi connectivity index (χ3n) is 5.30. The van der Waals surface area contributed by atoms with Gasteiger partial charge in [-0.15, -0.1) is 0 Å². The number of hydrogen-bond donors (Lipinski definition) is 1. The van der Waals surface area contributed by atoms with Gasteiger partial charge in [0.25, 0.3) is 5.91 Å². The van der Waals surface area contributed by atoms with Gasteiger partial charge in [-0.3, -0.25) is 4.79 Å². The summed E-state index contributed by atoms with van der Waals surface area (Å²) < 4.78 is 29.7. The van der Waals surface area contributed by atoms with E-state index >= 15 is 0 Å². The van der Waals surface area contributed by atoms with Crippen LogP contribution in [-0.4, -0.2) is 39.8 Å². The molecule has 1 aromatic rings. The van der Waals surface area contributed by atoms with Crippen LogP contribution >= 0.6 is 0 Å². The molecule has 2 rings (SSSR count). The molecule has 0 aliphatic heterocycles. The van der Waals surface area contributed by atoms with Crippen LogP contribution in [-0.2, 0) is 21.0 Å². The van der Waals surface area contributed by atoms with Gasteiger partial charge in [-0.05, 0) is 55.7 Å². The Bertz CT molecular complexity index is 719. The summed E-state index contributed by atoms with van der Waals surface area (Å²) in [7, 11) is -1.67. The first-order valence-electron chi connectivity index (χ1n) is 8.87. The zero-order valence-electron chi connectivity index (χ0n) is 15.6. The fourth-order valence-corrected chi connectivity index (χ4v) is 4.45. The van der Waals surface area contributed by atoms with Gasteiger partial charge in [0.05, 0.1) is 10.5 Å². The molecule has 0 unspecified atom stereocenters. The van der Waals surface area contributed by atoms with Crippen LogP contribution < -0.4 is 5.32 Å². The molecule has 1 aromatic carbocycles. The van der Waals surface area contributed by atoms with E-state index in [1.54, 1.807) is 19.2 Å². The minimum atomic E-state index is -3.36. The van der Waals surface area contributed by atoms with E-state index in [0.717, 1.165) is 31.2 Å². The highest BCUT2D eigenvalue weighted by Crippen LogP contribution is 2.33. The summed E-state index contributed by atoms with van der Waals surface area (Å²) >= 11 is 0. The van der Waals surface area contributed by atoms with Crippen molar-refractivity contribution < 1.29 is 17.9 Å². The SMILES string of the molecule is CCc1ccc(C(=O)NCC2(OC)CCC(C)CC2)cc1S(C)(=O)=O. The quantitative estimate of drug-likeness (QED) is 0.839. The van der Waals surface area contributed by atoms with Crippen molar-refractivity contribution in [1.29, 1.82) is 0 Å². The number of amides is 1. The summed E-state index contributed by atoms with van der Waals surface area (Å²) in [6, 6.07) is 4.89. The molecule has 6 heteroatoms. The van der Waals surface area contributed by atoms with Gasteiger partial charge in [0.15, 0.2) is 9.84 Å². The smallest absolute Gasteiger partial charge is 0.251 e. The van der Waals surface area contributed by atoms with E-state index in [1.807, 2.05) is 6.92 Å². The first-order chi connectivity index (χ1) is 11.7. The van der Waals surface area contributed by atoms with Gasteiger partial charge in [0.1, 0.15) is 0 Å². The zero-order valence-corrected chi connectivity index (χ0v) is 16.4. The lowest BCUT2D eigenvalue weighted by molar-refractivity contribution is -0.0446. The van der Waals surface area contributed by atoms with Crippen LogP contribution in [0, 0.1) is 5.92 Å². The molecule has 1 N–H and O–H groups in total. The van der Waals surface area contributed by atoms with Crippen LogP contribution in [0.15, 0.2) is 23.1 Å². The number of methoxy groups -OCH3 is 1. The highest BCUT2D eigenvalue weighted by Gasteiger charge is 2.34. The number of carbonyl (C=O) groups excluding carboxylic acids is 1. The van der Waals surface area contributed by atoms with Crippen molar-refractivity contribution in [3.8, 4) is 0 Å². The fraction of sp³-hybridized carbons (Fsp3) is 0.632. The second kappa shape index (κ2) is 7.87. The van der Waals surface area contributed by atoms with E-state index in [0.29, 0.717) is 24.4 Å². The number of carbonyl (C=O) groups is 1.